The molecule has 4 heterocycles. The Labute approximate surface area is 200 Å². The predicted molar refractivity (Wildman–Crippen MR) is 128 cm³/mol. The maximum atomic E-state index is 14.9. The Hall–Kier alpha value is -4.34. The maximum absolute atomic E-state index is 14.9. The van der Waals surface area contributed by atoms with E-state index in [0.29, 0.717) is 28.5 Å². The largest absolute Gasteiger partial charge is 0.359 e. The molecule has 0 aliphatic carbocycles. The summed E-state index contributed by atoms with van der Waals surface area (Å²) in [6.45, 7) is 5.95. The topological polar surface area (TPSA) is 103 Å². The normalized spacial score (nSPS) is 11.8. The molecule has 1 N–H and O–H groups in total. The van der Waals surface area contributed by atoms with E-state index in [0.717, 1.165) is 11.3 Å². The van der Waals surface area contributed by atoms with Crippen molar-refractivity contribution in [2.45, 2.75) is 32.6 Å². The van der Waals surface area contributed by atoms with Crippen molar-refractivity contribution in [3.8, 4) is 22.5 Å². The van der Waals surface area contributed by atoms with Gasteiger partial charge < -0.3 is 9.84 Å². The molecule has 0 fully saturated rings. The molecule has 178 valence electrons. The van der Waals surface area contributed by atoms with Gasteiger partial charge in [0, 0.05) is 41.9 Å². The smallest absolute Gasteiger partial charge is 0.230 e. The van der Waals surface area contributed by atoms with E-state index in [1.54, 1.807) is 46.0 Å². The van der Waals surface area contributed by atoms with E-state index < -0.39 is 5.82 Å². The molecule has 10 heteroatoms. The molecule has 0 aliphatic heterocycles. The third-order valence-corrected chi connectivity index (χ3v) is 5.62. The lowest BCUT2D eigenvalue weighted by molar-refractivity contribution is -0.115. The Morgan fingerprint density at radius 1 is 1.11 bits per heavy atom. The highest BCUT2D eigenvalue weighted by atomic mass is 19.1. The molecule has 0 aliphatic rings. The van der Waals surface area contributed by atoms with Crippen molar-refractivity contribution < 1.29 is 13.7 Å². The van der Waals surface area contributed by atoms with Gasteiger partial charge in [0.25, 0.3) is 0 Å². The molecule has 5 aromatic rings. The van der Waals surface area contributed by atoms with Gasteiger partial charge in [-0.25, -0.2) is 14.4 Å². The first-order valence-corrected chi connectivity index (χ1v) is 11.1. The van der Waals surface area contributed by atoms with E-state index >= 15 is 0 Å². The second kappa shape index (κ2) is 8.46. The molecule has 4 aromatic heterocycles. The number of halogens is 1. The third-order valence-electron chi connectivity index (χ3n) is 5.62. The van der Waals surface area contributed by atoms with Gasteiger partial charge in [-0.2, -0.15) is 5.10 Å². The van der Waals surface area contributed by atoms with Gasteiger partial charge >= 0.3 is 0 Å². The first-order chi connectivity index (χ1) is 16.7. The number of carbonyl (C=O) groups excluding carboxylic acids is 1. The maximum Gasteiger partial charge on any atom is 0.230 e. The van der Waals surface area contributed by atoms with Crippen molar-refractivity contribution in [2.24, 2.45) is 7.05 Å². The fraction of sp³-hybridized carbons (Fsp3) is 0.240. The number of hydrogen-bond acceptors (Lipinski definition) is 6. The van der Waals surface area contributed by atoms with Gasteiger partial charge in [0.15, 0.2) is 5.82 Å². The molecule has 9 nitrogen and oxygen atoms in total. The van der Waals surface area contributed by atoms with Gasteiger partial charge in [-0.1, -0.05) is 38.1 Å². The van der Waals surface area contributed by atoms with Crippen molar-refractivity contribution in [1.82, 2.24) is 29.3 Å². The highest BCUT2D eigenvalue weighted by molar-refractivity contribution is 5.91. The summed E-state index contributed by atoms with van der Waals surface area (Å²) in [6, 6.07) is 8.29. The van der Waals surface area contributed by atoms with Crippen LogP contribution in [0.3, 0.4) is 0 Å². The Kier molecular flexibility index (Phi) is 5.43. The van der Waals surface area contributed by atoms with E-state index in [1.807, 2.05) is 40.1 Å². The molecule has 35 heavy (non-hydrogen) atoms. The number of aryl methyl sites for hydroxylation is 1. The van der Waals surface area contributed by atoms with Gasteiger partial charge in [-0.05, 0) is 11.6 Å². The summed E-state index contributed by atoms with van der Waals surface area (Å²) in [5.41, 5.74) is 3.67. The van der Waals surface area contributed by atoms with Crippen LogP contribution in [0.4, 0.5) is 10.2 Å². The number of imidazole rings is 1. The van der Waals surface area contributed by atoms with Crippen molar-refractivity contribution in [3.63, 3.8) is 0 Å². The fourth-order valence-electron chi connectivity index (χ4n) is 3.71. The summed E-state index contributed by atoms with van der Waals surface area (Å²) in [6.07, 6.45) is 6.80. The summed E-state index contributed by atoms with van der Waals surface area (Å²) < 4.78 is 23.7. The van der Waals surface area contributed by atoms with Crippen molar-refractivity contribution in [1.29, 1.82) is 0 Å². The first-order valence-electron chi connectivity index (χ1n) is 11.1. The second-order valence-corrected chi connectivity index (χ2v) is 9.41. The number of carbonyl (C=O) groups is 1. The Morgan fingerprint density at radius 2 is 1.94 bits per heavy atom. The minimum absolute atomic E-state index is 0.132. The van der Waals surface area contributed by atoms with Gasteiger partial charge in [0.2, 0.25) is 5.91 Å². The third kappa shape index (κ3) is 4.54. The molecular weight excluding hydrogens is 449 g/mol. The molecule has 5 rings (SSSR count). The first kappa shape index (κ1) is 22.5. The summed E-state index contributed by atoms with van der Waals surface area (Å²) >= 11 is 0. The lowest BCUT2D eigenvalue weighted by Crippen LogP contribution is -2.15. The average molecular weight is 474 g/mol. The Balaban J connectivity index is 1.33. The zero-order valence-electron chi connectivity index (χ0n) is 19.8. The molecule has 1 amide bonds. The molecule has 0 saturated carbocycles. The number of fused-ring (bicyclic) bond motifs is 1. The molecule has 0 bridgehead atoms. The SMILES string of the molecule is Cn1cc(-c2cc3ncc(-c4ccc(CC(=O)Nc5cc(C(C)(C)C)on5)c(F)c4)n3cn2)cn1. The standard InChI is InChI=1S/C25H24FN7O2/c1-25(2,3)21-10-22(31-35-21)30-24(34)8-15-5-6-16(7-18(15)26)20-12-27-23-9-19(28-14-33(20)23)17-11-29-32(4)13-17/h5-7,9-14H,8H2,1-4H3,(H,30,31,34). The van der Waals surface area contributed by atoms with Gasteiger partial charge in [-0.15, -0.1) is 0 Å². The van der Waals surface area contributed by atoms with Crippen molar-refractivity contribution in [2.75, 3.05) is 5.32 Å². The van der Waals surface area contributed by atoms with Crippen LogP contribution in [-0.4, -0.2) is 35.2 Å². The number of anilines is 1. The Morgan fingerprint density at radius 3 is 2.63 bits per heavy atom. The van der Waals surface area contributed by atoms with Crippen LogP contribution < -0.4 is 5.32 Å². The zero-order chi connectivity index (χ0) is 24.7. The molecule has 0 radical (unpaired) electrons. The monoisotopic (exact) mass is 473 g/mol. The number of aromatic nitrogens is 6. The number of hydrogen-bond donors (Lipinski definition) is 1. The highest BCUT2D eigenvalue weighted by Gasteiger charge is 2.21. The summed E-state index contributed by atoms with van der Waals surface area (Å²) in [5.74, 6) is 0.0923. The van der Waals surface area contributed by atoms with Crippen molar-refractivity contribution in [3.05, 3.63) is 72.4 Å². The van der Waals surface area contributed by atoms with Crippen LogP contribution in [0, 0.1) is 5.82 Å². The fourth-order valence-corrected chi connectivity index (χ4v) is 3.71. The predicted octanol–water partition coefficient (Wildman–Crippen LogP) is 4.40. The van der Waals surface area contributed by atoms with Crippen molar-refractivity contribution >= 4 is 17.4 Å². The van der Waals surface area contributed by atoms with Gasteiger partial charge in [0.1, 0.15) is 23.6 Å². The molecular formula is C25H24FN7O2. The van der Waals surface area contributed by atoms with E-state index in [2.05, 4.69) is 25.5 Å². The zero-order valence-corrected chi connectivity index (χ0v) is 19.8. The number of amides is 1. The minimum atomic E-state index is -0.483. The minimum Gasteiger partial charge on any atom is -0.359 e. The highest BCUT2D eigenvalue weighted by Crippen LogP contribution is 2.26. The molecule has 0 unspecified atom stereocenters. The van der Waals surface area contributed by atoms with Crippen LogP contribution in [0.25, 0.3) is 28.2 Å². The summed E-state index contributed by atoms with van der Waals surface area (Å²) in [5, 5.41) is 10.7. The number of benzene rings is 1. The lowest BCUT2D eigenvalue weighted by atomic mass is 9.93. The number of rotatable bonds is 5. The lowest BCUT2D eigenvalue weighted by Gasteiger charge is -2.12. The van der Waals surface area contributed by atoms with E-state index in [-0.39, 0.29) is 23.3 Å². The van der Waals surface area contributed by atoms with E-state index in [9.17, 15) is 9.18 Å². The number of nitrogens with zero attached hydrogens (tertiary/aromatic N) is 6. The van der Waals surface area contributed by atoms with Gasteiger partial charge in [0.05, 0.1) is 30.2 Å². The Bertz CT molecular complexity index is 1540. The molecule has 0 spiro atoms. The second-order valence-electron chi connectivity index (χ2n) is 9.41. The number of nitrogens with one attached hydrogen (secondary N) is 1. The van der Waals surface area contributed by atoms with Crippen LogP contribution >= 0.6 is 0 Å². The van der Waals surface area contributed by atoms with E-state index in [4.69, 9.17) is 4.52 Å². The molecule has 0 saturated heterocycles. The van der Waals surface area contributed by atoms with Crippen LogP contribution in [0.2, 0.25) is 0 Å². The summed E-state index contributed by atoms with van der Waals surface area (Å²) in [7, 11) is 1.84. The van der Waals surface area contributed by atoms with Crippen LogP contribution in [0.5, 0.6) is 0 Å². The van der Waals surface area contributed by atoms with E-state index in [1.165, 1.54) is 6.07 Å². The van der Waals surface area contributed by atoms with Crippen LogP contribution in [-0.2, 0) is 23.7 Å². The molecule has 1 aromatic carbocycles. The van der Waals surface area contributed by atoms with Crippen LogP contribution in [0.1, 0.15) is 32.1 Å². The average Bonchev–Trinajstić information content (AvgIpc) is 3.54. The van der Waals surface area contributed by atoms with Gasteiger partial charge in [-0.3, -0.25) is 13.9 Å². The van der Waals surface area contributed by atoms with Crippen LogP contribution in [0.15, 0.2) is 59.8 Å². The quantitative estimate of drug-likeness (QED) is 0.406. The molecule has 0 atom stereocenters. The summed E-state index contributed by atoms with van der Waals surface area (Å²) in [4.78, 5) is 21.4.